The zero-order valence-corrected chi connectivity index (χ0v) is 13.1. The molecular formula is C14H19BrClNO. The Morgan fingerprint density at radius 3 is 2.89 bits per heavy atom. The first-order chi connectivity index (χ1) is 8.58. The number of halogens is 2. The quantitative estimate of drug-likeness (QED) is 0.877. The Labute approximate surface area is 122 Å². The fourth-order valence-electron chi connectivity index (χ4n) is 2.29. The van der Waals surface area contributed by atoms with Gasteiger partial charge in [0.25, 0.3) is 0 Å². The molecule has 100 valence electrons. The first kappa shape index (κ1) is 14.3. The lowest BCUT2D eigenvalue weighted by atomic mass is 10.0. The Morgan fingerprint density at radius 1 is 1.44 bits per heavy atom. The summed E-state index contributed by atoms with van der Waals surface area (Å²) in [6.45, 7) is 6.09. The Hall–Kier alpha value is -0.0900. The van der Waals surface area contributed by atoms with Gasteiger partial charge in [0.1, 0.15) is 0 Å². The van der Waals surface area contributed by atoms with E-state index in [0.29, 0.717) is 12.0 Å². The van der Waals surface area contributed by atoms with Gasteiger partial charge in [-0.15, -0.1) is 0 Å². The lowest BCUT2D eigenvalue weighted by Crippen LogP contribution is -2.34. The van der Waals surface area contributed by atoms with E-state index < -0.39 is 0 Å². The van der Waals surface area contributed by atoms with Crippen LogP contribution >= 0.6 is 27.5 Å². The second-order valence-electron chi connectivity index (χ2n) is 5.07. The summed E-state index contributed by atoms with van der Waals surface area (Å²) in [5.41, 5.74) is 1.07. The molecule has 1 heterocycles. The molecule has 1 saturated heterocycles. The summed E-state index contributed by atoms with van der Waals surface area (Å²) in [7, 11) is 0. The third-order valence-corrected chi connectivity index (χ3v) is 4.25. The monoisotopic (exact) mass is 331 g/mol. The molecule has 2 unspecified atom stereocenters. The van der Waals surface area contributed by atoms with Gasteiger partial charge in [-0.1, -0.05) is 47.4 Å². The fourth-order valence-corrected chi connectivity index (χ4v) is 3.08. The van der Waals surface area contributed by atoms with Crippen molar-refractivity contribution < 1.29 is 4.74 Å². The number of nitrogens with one attached hydrogen (secondary N) is 1. The third kappa shape index (κ3) is 3.47. The molecule has 0 saturated carbocycles. The summed E-state index contributed by atoms with van der Waals surface area (Å²) in [5, 5.41) is 4.34. The van der Waals surface area contributed by atoms with E-state index in [1.807, 2.05) is 18.2 Å². The van der Waals surface area contributed by atoms with Crippen LogP contribution in [0, 0.1) is 5.92 Å². The zero-order valence-electron chi connectivity index (χ0n) is 10.7. The van der Waals surface area contributed by atoms with E-state index >= 15 is 0 Å². The first-order valence-electron chi connectivity index (χ1n) is 6.38. The summed E-state index contributed by atoms with van der Waals surface area (Å²) >= 11 is 9.70. The molecule has 0 spiro atoms. The average Bonchev–Trinajstić information content (AvgIpc) is 2.54. The van der Waals surface area contributed by atoms with E-state index in [9.17, 15) is 0 Å². The molecule has 1 aliphatic heterocycles. The molecule has 0 aromatic heterocycles. The standard InChI is InChI=1S/C14H19BrClNO/c1-9(2)13-5-6-18-14(8-17-13)11-4-3-10(15)7-12(11)16/h3-4,7,9,13-14,17H,5-6,8H2,1-2H3. The van der Waals surface area contributed by atoms with Gasteiger partial charge in [0.05, 0.1) is 6.10 Å². The maximum atomic E-state index is 6.28. The number of ether oxygens (including phenoxy) is 1. The predicted octanol–water partition coefficient (Wildman–Crippen LogP) is 4.18. The molecule has 2 rings (SSSR count). The lowest BCUT2D eigenvalue weighted by molar-refractivity contribution is 0.0661. The highest BCUT2D eigenvalue weighted by atomic mass is 79.9. The summed E-state index contributed by atoms with van der Waals surface area (Å²) in [6, 6.07) is 6.50. The largest absolute Gasteiger partial charge is 0.372 e. The summed E-state index contributed by atoms with van der Waals surface area (Å²) in [5.74, 6) is 0.632. The molecule has 2 nitrogen and oxygen atoms in total. The number of benzene rings is 1. The summed E-state index contributed by atoms with van der Waals surface area (Å²) < 4.78 is 6.93. The van der Waals surface area contributed by atoms with Crippen LogP contribution in [0.15, 0.2) is 22.7 Å². The minimum Gasteiger partial charge on any atom is -0.372 e. The van der Waals surface area contributed by atoms with E-state index in [1.165, 1.54) is 0 Å². The van der Waals surface area contributed by atoms with Crippen LogP contribution in [0.4, 0.5) is 0 Å². The summed E-state index contributed by atoms with van der Waals surface area (Å²) in [6.07, 6.45) is 1.11. The molecule has 0 bridgehead atoms. The van der Waals surface area contributed by atoms with Crippen molar-refractivity contribution >= 4 is 27.5 Å². The Bertz CT molecular complexity index is 411. The predicted molar refractivity (Wildman–Crippen MR) is 79.1 cm³/mol. The van der Waals surface area contributed by atoms with Gasteiger partial charge >= 0.3 is 0 Å². The topological polar surface area (TPSA) is 21.3 Å². The highest BCUT2D eigenvalue weighted by Crippen LogP contribution is 2.29. The summed E-state index contributed by atoms with van der Waals surface area (Å²) in [4.78, 5) is 0. The van der Waals surface area contributed by atoms with Gasteiger partial charge in [-0.2, -0.15) is 0 Å². The van der Waals surface area contributed by atoms with E-state index in [1.54, 1.807) is 0 Å². The van der Waals surface area contributed by atoms with Crippen LogP contribution in [0.25, 0.3) is 0 Å². The fraction of sp³-hybridized carbons (Fsp3) is 0.571. The number of rotatable bonds is 2. The highest BCUT2D eigenvalue weighted by Gasteiger charge is 2.23. The maximum absolute atomic E-state index is 6.28. The molecule has 0 radical (unpaired) electrons. The van der Waals surface area contributed by atoms with E-state index in [0.717, 1.165) is 34.6 Å². The van der Waals surface area contributed by atoms with Crippen LogP contribution in [0.2, 0.25) is 5.02 Å². The third-order valence-electron chi connectivity index (χ3n) is 3.43. The van der Waals surface area contributed by atoms with Gasteiger partial charge in [0.15, 0.2) is 0 Å². The SMILES string of the molecule is CC(C)C1CCOC(c2ccc(Br)cc2Cl)CN1. The molecule has 1 aliphatic rings. The van der Waals surface area contributed by atoms with Crippen LogP contribution < -0.4 is 5.32 Å². The van der Waals surface area contributed by atoms with E-state index in [2.05, 4.69) is 35.1 Å². The molecule has 1 aromatic rings. The second-order valence-corrected chi connectivity index (χ2v) is 6.40. The van der Waals surface area contributed by atoms with Crippen molar-refractivity contribution in [3.05, 3.63) is 33.3 Å². The van der Waals surface area contributed by atoms with Crippen molar-refractivity contribution in [1.82, 2.24) is 5.32 Å². The number of hydrogen-bond donors (Lipinski definition) is 1. The first-order valence-corrected chi connectivity index (χ1v) is 7.55. The molecular weight excluding hydrogens is 314 g/mol. The van der Waals surface area contributed by atoms with Crippen LogP contribution in [0.5, 0.6) is 0 Å². The molecule has 1 fully saturated rings. The molecule has 4 heteroatoms. The molecule has 2 atom stereocenters. The van der Waals surface area contributed by atoms with Crippen molar-refractivity contribution in [3.63, 3.8) is 0 Å². The van der Waals surface area contributed by atoms with E-state index in [-0.39, 0.29) is 6.10 Å². The van der Waals surface area contributed by atoms with Gasteiger partial charge in [-0.3, -0.25) is 0 Å². The van der Waals surface area contributed by atoms with Gasteiger partial charge in [0, 0.05) is 34.3 Å². The Kier molecular flexibility index (Phi) is 5.07. The second kappa shape index (κ2) is 6.38. The van der Waals surface area contributed by atoms with Gasteiger partial charge < -0.3 is 10.1 Å². The lowest BCUT2D eigenvalue weighted by Gasteiger charge is -2.20. The van der Waals surface area contributed by atoms with Crippen molar-refractivity contribution in [3.8, 4) is 0 Å². The molecule has 1 aromatic carbocycles. The maximum Gasteiger partial charge on any atom is 0.0963 e. The molecule has 0 aliphatic carbocycles. The Balaban J connectivity index is 2.10. The van der Waals surface area contributed by atoms with Crippen molar-refractivity contribution in [1.29, 1.82) is 0 Å². The van der Waals surface area contributed by atoms with Gasteiger partial charge in [-0.05, 0) is 24.5 Å². The normalized spacial score (nSPS) is 25.2. The van der Waals surface area contributed by atoms with Gasteiger partial charge in [-0.25, -0.2) is 0 Å². The Morgan fingerprint density at radius 2 is 2.22 bits per heavy atom. The smallest absolute Gasteiger partial charge is 0.0963 e. The van der Waals surface area contributed by atoms with Gasteiger partial charge in [0.2, 0.25) is 0 Å². The van der Waals surface area contributed by atoms with Crippen LogP contribution in [0.1, 0.15) is 31.9 Å². The minimum absolute atomic E-state index is 0.0503. The van der Waals surface area contributed by atoms with Crippen molar-refractivity contribution in [2.45, 2.75) is 32.4 Å². The zero-order chi connectivity index (χ0) is 13.1. The number of hydrogen-bond acceptors (Lipinski definition) is 2. The van der Waals surface area contributed by atoms with Crippen LogP contribution in [-0.2, 0) is 4.74 Å². The minimum atomic E-state index is 0.0503. The highest BCUT2D eigenvalue weighted by molar-refractivity contribution is 9.10. The average molecular weight is 333 g/mol. The van der Waals surface area contributed by atoms with E-state index in [4.69, 9.17) is 16.3 Å². The molecule has 0 amide bonds. The molecule has 18 heavy (non-hydrogen) atoms. The van der Waals surface area contributed by atoms with Crippen LogP contribution in [0.3, 0.4) is 0 Å². The van der Waals surface area contributed by atoms with Crippen molar-refractivity contribution in [2.75, 3.05) is 13.2 Å². The molecule has 1 N–H and O–H groups in total. The van der Waals surface area contributed by atoms with Crippen LogP contribution in [-0.4, -0.2) is 19.2 Å². The van der Waals surface area contributed by atoms with Crippen molar-refractivity contribution in [2.24, 2.45) is 5.92 Å².